The first kappa shape index (κ1) is 6.43. The summed E-state index contributed by atoms with van der Waals surface area (Å²) < 4.78 is 1.56. The van der Waals surface area contributed by atoms with Crippen molar-refractivity contribution in [1.29, 1.82) is 0 Å². The lowest BCUT2D eigenvalue weighted by molar-refractivity contribution is 1.34. The Morgan fingerprint density at radius 3 is 2.11 bits per heavy atom. The van der Waals surface area contributed by atoms with E-state index >= 15 is 0 Å². The Balaban J connectivity index is 2.85. The summed E-state index contributed by atoms with van der Waals surface area (Å²) >= 11 is 5.64. The first-order chi connectivity index (χ1) is 4.30. The van der Waals surface area contributed by atoms with Gasteiger partial charge < -0.3 is 0 Å². The van der Waals surface area contributed by atoms with Crippen LogP contribution in [-0.4, -0.2) is 7.05 Å². The summed E-state index contributed by atoms with van der Waals surface area (Å²) in [7, 11) is 1.80. The number of para-hydroxylation sites is 1. The molecule has 1 nitrogen and oxygen atoms in total. The standard InChI is InChI=1S/C7H8ClN/c1-9(8)7-5-3-2-4-6-7/h2-6H,1H3. The number of anilines is 1. The molecule has 1 aromatic rings. The molecule has 0 saturated carbocycles. The molecule has 0 bridgehead atoms. The molecule has 0 atom stereocenters. The molecule has 9 heavy (non-hydrogen) atoms. The first-order valence-corrected chi connectivity index (χ1v) is 3.09. The van der Waals surface area contributed by atoms with Gasteiger partial charge in [0, 0.05) is 18.8 Å². The molecular weight excluding hydrogens is 134 g/mol. The average molecular weight is 142 g/mol. The van der Waals surface area contributed by atoms with Crippen LogP contribution in [-0.2, 0) is 0 Å². The van der Waals surface area contributed by atoms with Crippen LogP contribution in [0.25, 0.3) is 0 Å². The van der Waals surface area contributed by atoms with Gasteiger partial charge in [0.25, 0.3) is 0 Å². The zero-order chi connectivity index (χ0) is 6.69. The summed E-state index contributed by atoms with van der Waals surface area (Å²) in [6, 6.07) is 9.77. The second kappa shape index (κ2) is 2.74. The van der Waals surface area contributed by atoms with Gasteiger partial charge in [0.1, 0.15) is 0 Å². The molecule has 0 fully saturated rings. The van der Waals surface area contributed by atoms with E-state index in [2.05, 4.69) is 0 Å². The minimum Gasteiger partial charge on any atom is -0.288 e. The highest BCUT2D eigenvalue weighted by Gasteiger charge is 1.90. The summed E-state index contributed by atoms with van der Waals surface area (Å²) in [6.07, 6.45) is 0. The van der Waals surface area contributed by atoms with Crippen LogP contribution in [0.3, 0.4) is 0 Å². The van der Waals surface area contributed by atoms with Gasteiger partial charge in [0.15, 0.2) is 0 Å². The molecule has 0 aliphatic rings. The van der Waals surface area contributed by atoms with Crippen molar-refractivity contribution >= 4 is 17.5 Å². The van der Waals surface area contributed by atoms with Crippen LogP contribution in [0.5, 0.6) is 0 Å². The van der Waals surface area contributed by atoms with Crippen molar-refractivity contribution in [1.82, 2.24) is 0 Å². The molecule has 0 aliphatic heterocycles. The Labute approximate surface area is 60.0 Å². The summed E-state index contributed by atoms with van der Waals surface area (Å²) in [5.41, 5.74) is 1.01. The Morgan fingerprint density at radius 2 is 1.78 bits per heavy atom. The van der Waals surface area contributed by atoms with E-state index in [9.17, 15) is 0 Å². The quantitative estimate of drug-likeness (QED) is 0.543. The molecule has 0 amide bonds. The molecule has 0 unspecified atom stereocenters. The van der Waals surface area contributed by atoms with Crippen LogP contribution in [0.15, 0.2) is 30.3 Å². The van der Waals surface area contributed by atoms with Crippen molar-refractivity contribution < 1.29 is 0 Å². The van der Waals surface area contributed by atoms with E-state index in [0.29, 0.717) is 0 Å². The average Bonchev–Trinajstić information content (AvgIpc) is 1.90. The molecule has 0 saturated heterocycles. The van der Waals surface area contributed by atoms with Crippen molar-refractivity contribution in [3.63, 3.8) is 0 Å². The summed E-state index contributed by atoms with van der Waals surface area (Å²) in [5.74, 6) is 0. The molecular formula is C7H8ClN. The monoisotopic (exact) mass is 141 g/mol. The Bertz CT molecular complexity index is 172. The summed E-state index contributed by atoms with van der Waals surface area (Å²) in [6.45, 7) is 0. The highest BCUT2D eigenvalue weighted by molar-refractivity contribution is 6.25. The fourth-order valence-electron chi connectivity index (χ4n) is 0.633. The Morgan fingerprint density at radius 1 is 1.22 bits per heavy atom. The van der Waals surface area contributed by atoms with E-state index in [1.165, 1.54) is 0 Å². The normalized spacial score (nSPS) is 9.11. The molecule has 0 N–H and O–H groups in total. The van der Waals surface area contributed by atoms with Crippen LogP contribution >= 0.6 is 11.8 Å². The predicted octanol–water partition coefficient (Wildman–Crippen LogP) is 2.28. The van der Waals surface area contributed by atoms with Gasteiger partial charge in [-0.15, -0.1) is 0 Å². The second-order valence-electron chi connectivity index (χ2n) is 1.81. The van der Waals surface area contributed by atoms with E-state index in [1.54, 1.807) is 11.5 Å². The number of benzene rings is 1. The molecule has 1 aromatic carbocycles. The summed E-state index contributed by atoms with van der Waals surface area (Å²) in [5, 5.41) is 0. The van der Waals surface area contributed by atoms with Crippen molar-refractivity contribution in [2.45, 2.75) is 0 Å². The maximum Gasteiger partial charge on any atom is 0.0519 e. The first-order valence-electron chi connectivity index (χ1n) is 2.75. The zero-order valence-corrected chi connectivity index (χ0v) is 5.97. The molecule has 0 aromatic heterocycles. The van der Waals surface area contributed by atoms with Crippen LogP contribution in [0.1, 0.15) is 0 Å². The van der Waals surface area contributed by atoms with Gasteiger partial charge >= 0.3 is 0 Å². The van der Waals surface area contributed by atoms with Gasteiger partial charge in [-0.3, -0.25) is 4.42 Å². The Hall–Kier alpha value is -0.690. The lowest BCUT2D eigenvalue weighted by Crippen LogP contribution is -1.98. The fraction of sp³-hybridized carbons (Fsp3) is 0.143. The second-order valence-corrected chi connectivity index (χ2v) is 2.32. The zero-order valence-electron chi connectivity index (χ0n) is 5.21. The van der Waals surface area contributed by atoms with Crippen molar-refractivity contribution in [2.75, 3.05) is 11.5 Å². The van der Waals surface area contributed by atoms with E-state index in [4.69, 9.17) is 11.8 Å². The maximum absolute atomic E-state index is 5.64. The van der Waals surface area contributed by atoms with Gasteiger partial charge in [-0.25, -0.2) is 0 Å². The van der Waals surface area contributed by atoms with Crippen LogP contribution in [0.4, 0.5) is 5.69 Å². The fourth-order valence-corrected chi connectivity index (χ4v) is 0.746. The molecule has 48 valence electrons. The number of halogens is 1. The topological polar surface area (TPSA) is 3.24 Å². The van der Waals surface area contributed by atoms with Gasteiger partial charge in [-0.05, 0) is 12.1 Å². The molecule has 0 aliphatic carbocycles. The minimum absolute atomic E-state index is 1.01. The number of hydrogen-bond donors (Lipinski definition) is 0. The molecule has 0 heterocycles. The highest BCUT2D eigenvalue weighted by Crippen LogP contribution is 2.11. The third-order valence-electron chi connectivity index (χ3n) is 1.11. The number of nitrogens with zero attached hydrogens (tertiary/aromatic N) is 1. The van der Waals surface area contributed by atoms with Gasteiger partial charge in [0.2, 0.25) is 0 Å². The third kappa shape index (κ3) is 1.61. The largest absolute Gasteiger partial charge is 0.288 e. The molecule has 2 heteroatoms. The minimum atomic E-state index is 1.01. The van der Waals surface area contributed by atoms with Crippen molar-refractivity contribution in [3.05, 3.63) is 30.3 Å². The lowest BCUT2D eigenvalue weighted by Gasteiger charge is -2.06. The maximum atomic E-state index is 5.64. The highest BCUT2D eigenvalue weighted by atomic mass is 35.5. The van der Waals surface area contributed by atoms with Crippen molar-refractivity contribution in [2.24, 2.45) is 0 Å². The van der Waals surface area contributed by atoms with E-state index in [1.807, 2.05) is 30.3 Å². The summed E-state index contributed by atoms with van der Waals surface area (Å²) in [4.78, 5) is 0. The van der Waals surface area contributed by atoms with Gasteiger partial charge in [0.05, 0.1) is 5.69 Å². The van der Waals surface area contributed by atoms with E-state index in [-0.39, 0.29) is 0 Å². The van der Waals surface area contributed by atoms with Crippen LogP contribution < -0.4 is 4.42 Å². The number of hydrogen-bond acceptors (Lipinski definition) is 1. The van der Waals surface area contributed by atoms with Gasteiger partial charge in [-0.1, -0.05) is 18.2 Å². The number of rotatable bonds is 1. The van der Waals surface area contributed by atoms with Gasteiger partial charge in [-0.2, -0.15) is 0 Å². The smallest absolute Gasteiger partial charge is 0.0519 e. The third-order valence-corrected chi connectivity index (χ3v) is 1.31. The predicted molar refractivity (Wildman–Crippen MR) is 40.7 cm³/mol. The van der Waals surface area contributed by atoms with E-state index in [0.717, 1.165) is 5.69 Å². The molecule has 1 rings (SSSR count). The van der Waals surface area contributed by atoms with Crippen molar-refractivity contribution in [3.8, 4) is 0 Å². The SMILES string of the molecule is CN(Cl)c1ccccc1. The van der Waals surface area contributed by atoms with Crippen LogP contribution in [0.2, 0.25) is 0 Å². The lowest BCUT2D eigenvalue weighted by atomic mass is 10.3. The van der Waals surface area contributed by atoms with E-state index < -0.39 is 0 Å². The van der Waals surface area contributed by atoms with Crippen LogP contribution in [0, 0.1) is 0 Å². The molecule has 0 radical (unpaired) electrons. The molecule has 0 spiro atoms. The Kier molecular flexibility index (Phi) is 1.96.